The van der Waals surface area contributed by atoms with E-state index in [1.54, 1.807) is 0 Å². The van der Waals surface area contributed by atoms with Crippen LogP contribution in [-0.4, -0.2) is 48.1 Å². The van der Waals surface area contributed by atoms with Gasteiger partial charge in [0.05, 0.1) is 0 Å². The van der Waals surface area contributed by atoms with Gasteiger partial charge in [0.15, 0.2) is 12.1 Å². The van der Waals surface area contributed by atoms with Crippen molar-refractivity contribution in [3.05, 3.63) is 0 Å². The third-order valence-corrected chi connectivity index (χ3v) is 3.55. The highest BCUT2D eigenvalue weighted by Crippen LogP contribution is 2.39. The first-order valence-corrected chi connectivity index (χ1v) is 5.99. The van der Waals surface area contributed by atoms with E-state index in [0.717, 1.165) is 19.4 Å². The molecule has 16 heavy (non-hydrogen) atoms. The van der Waals surface area contributed by atoms with Gasteiger partial charge in [-0.1, -0.05) is 0 Å². The van der Waals surface area contributed by atoms with E-state index in [9.17, 15) is 5.11 Å². The Morgan fingerprint density at radius 3 is 2.69 bits per heavy atom. The van der Waals surface area contributed by atoms with Gasteiger partial charge < -0.3 is 24.6 Å². The maximum absolute atomic E-state index is 10.2. The maximum Gasteiger partial charge on any atom is 0.190 e. The van der Waals surface area contributed by atoms with Crippen LogP contribution in [-0.2, 0) is 14.2 Å². The molecule has 5 nitrogen and oxygen atoms in total. The second kappa shape index (κ2) is 3.65. The fourth-order valence-corrected chi connectivity index (χ4v) is 2.84. The lowest BCUT2D eigenvalue weighted by Gasteiger charge is -2.26. The van der Waals surface area contributed by atoms with Crippen molar-refractivity contribution >= 4 is 0 Å². The van der Waals surface area contributed by atoms with Gasteiger partial charge in [-0.15, -0.1) is 0 Å². The van der Waals surface area contributed by atoms with Crippen molar-refractivity contribution in [1.82, 2.24) is 5.32 Å². The Balaban J connectivity index is 1.70. The van der Waals surface area contributed by atoms with Crippen molar-refractivity contribution in [1.29, 1.82) is 0 Å². The first-order chi connectivity index (χ1) is 7.57. The normalized spacial score (nSPS) is 50.8. The molecule has 0 aliphatic carbocycles. The topological polar surface area (TPSA) is 60.0 Å². The molecule has 0 saturated carbocycles. The molecule has 92 valence electrons. The molecular formula is C11H19NO4. The van der Waals surface area contributed by atoms with Crippen LogP contribution in [0.25, 0.3) is 0 Å². The highest BCUT2D eigenvalue weighted by Gasteiger charge is 2.56. The van der Waals surface area contributed by atoms with Crippen LogP contribution < -0.4 is 5.32 Å². The first-order valence-electron chi connectivity index (χ1n) is 5.99. The number of hydrogen-bond acceptors (Lipinski definition) is 5. The molecule has 0 aromatic rings. The minimum atomic E-state index is -0.648. The zero-order valence-electron chi connectivity index (χ0n) is 9.68. The van der Waals surface area contributed by atoms with Gasteiger partial charge in [0.25, 0.3) is 0 Å². The summed E-state index contributed by atoms with van der Waals surface area (Å²) in [5, 5.41) is 13.5. The molecule has 0 spiro atoms. The van der Waals surface area contributed by atoms with Crippen LogP contribution in [0.15, 0.2) is 0 Å². The quantitative estimate of drug-likeness (QED) is 0.661. The van der Waals surface area contributed by atoms with E-state index in [0.29, 0.717) is 0 Å². The summed E-state index contributed by atoms with van der Waals surface area (Å²) in [6, 6.07) is 0.232. The summed E-state index contributed by atoms with van der Waals surface area (Å²) in [4.78, 5) is 0. The zero-order chi connectivity index (χ0) is 11.3. The molecule has 3 fully saturated rings. The number of nitrogens with one attached hydrogen (secondary N) is 1. The lowest BCUT2D eigenvalue weighted by molar-refractivity contribution is -0.217. The fraction of sp³-hybridized carbons (Fsp3) is 1.00. The van der Waals surface area contributed by atoms with E-state index < -0.39 is 18.2 Å². The Labute approximate surface area is 95.1 Å². The number of ether oxygens (including phenoxy) is 3. The van der Waals surface area contributed by atoms with E-state index in [1.807, 2.05) is 13.8 Å². The van der Waals surface area contributed by atoms with Crippen molar-refractivity contribution < 1.29 is 19.3 Å². The van der Waals surface area contributed by atoms with Crippen LogP contribution in [0.4, 0.5) is 0 Å². The largest absolute Gasteiger partial charge is 0.387 e. The SMILES string of the molecule is CC1(C)O[C@H]2O[C@H]([C@H]3CCCN3)[C@H](O)[C@H]2O1. The lowest BCUT2D eigenvalue weighted by Crippen LogP contribution is -2.44. The van der Waals surface area contributed by atoms with Gasteiger partial charge in [-0.2, -0.15) is 0 Å². The number of hydrogen-bond donors (Lipinski definition) is 2. The van der Waals surface area contributed by atoms with Gasteiger partial charge in [0.1, 0.15) is 18.3 Å². The van der Waals surface area contributed by atoms with Crippen LogP contribution >= 0.6 is 0 Å². The van der Waals surface area contributed by atoms with Gasteiger partial charge in [0.2, 0.25) is 0 Å². The Hall–Kier alpha value is -0.200. The van der Waals surface area contributed by atoms with Crippen molar-refractivity contribution in [3.63, 3.8) is 0 Å². The number of aliphatic hydroxyl groups is 1. The summed E-state index contributed by atoms with van der Waals surface area (Å²) in [5.74, 6) is -0.648. The summed E-state index contributed by atoms with van der Waals surface area (Å²) in [5.41, 5.74) is 0. The van der Waals surface area contributed by atoms with Gasteiger partial charge >= 0.3 is 0 Å². The number of aliphatic hydroxyl groups excluding tert-OH is 1. The van der Waals surface area contributed by atoms with Gasteiger partial charge in [-0.25, -0.2) is 0 Å². The Bertz CT molecular complexity index is 277. The minimum Gasteiger partial charge on any atom is -0.387 e. The summed E-state index contributed by atoms with van der Waals surface area (Å²) in [6.07, 6.45) is 0.625. The molecule has 3 saturated heterocycles. The molecule has 3 aliphatic rings. The van der Waals surface area contributed by atoms with Crippen LogP contribution in [0.2, 0.25) is 0 Å². The highest BCUT2D eigenvalue weighted by molar-refractivity contribution is 4.99. The number of fused-ring (bicyclic) bond motifs is 1. The second-order valence-electron chi connectivity index (χ2n) is 5.26. The third-order valence-electron chi connectivity index (χ3n) is 3.55. The molecule has 5 atom stereocenters. The number of rotatable bonds is 1. The fourth-order valence-electron chi connectivity index (χ4n) is 2.84. The van der Waals surface area contributed by atoms with Crippen LogP contribution in [0.1, 0.15) is 26.7 Å². The average Bonchev–Trinajstić information content (AvgIpc) is 2.84. The molecule has 0 radical (unpaired) electrons. The molecule has 3 rings (SSSR count). The average molecular weight is 229 g/mol. The van der Waals surface area contributed by atoms with E-state index in [2.05, 4.69) is 5.32 Å². The molecular weight excluding hydrogens is 210 g/mol. The first kappa shape index (κ1) is 10.9. The molecule has 5 heteroatoms. The minimum absolute atomic E-state index is 0.200. The van der Waals surface area contributed by atoms with E-state index >= 15 is 0 Å². The van der Waals surface area contributed by atoms with Gasteiger partial charge in [-0.3, -0.25) is 0 Å². The standard InChI is InChI=1S/C11H19NO4/c1-11(2)15-9-7(13)8(14-10(9)16-11)6-4-3-5-12-6/h6-10,12-13H,3-5H2,1-2H3/t6-,7+,8-,9-,10-/m1/s1. The molecule has 3 aliphatic heterocycles. The summed E-state index contributed by atoms with van der Waals surface area (Å²) < 4.78 is 17.0. The van der Waals surface area contributed by atoms with Crippen LogP contribution in [0.3, 0.4) is 0 Å². The Morgan fingerprint density at radius 2 is 2.06 bits per heavy atom. The molecule has 0 aromatic carbocycles. The Morgan fingerprint density at radius 1 is 1.25 bits per heavy atom. The van der Waals surface area contributed by atoms with Crippen LogP contribution in [0, 0.1) is 0 Å². The highest BCUT2D eigenvalue weighted by atomic mass is 16.8. The van der Waals surface area contributed by atoms with Crippen molar-refractivity contribution in [2.45, 2.75) is 63.1 Å². The predicted octanol–water partition coefficient (Wildman–Crippen LogP) is -0.0243. The van der Waals surface area contributed by atoms with Crippen LogP contribution in [0.5, 0.6) is 0 Å². The maximum atomic E-state index is 10.2. The third kappa shape index (κ3) is 1.67. The summed E-state index contributed by atoms with van der Waals surface area (Å²) >= 11 is 0. The smallest absolute Gasteiger partial charge is 0.190 e. The molecule has 2 N–H and O–H groups in total. The van der Waals surface area contributed by atoms with Gasteiger partial charge in [-0.05, 0) is 33.2 Å². The molecule has 0 aromatic heterocycles. The van der Waals surface area contributed by atoms with Crippen molar-refractivity contribution in [2.75, 3.05) is 6.54 Å². The zero-order valence-corrected chi connectivity index (χ0v) is 9.68. The Kier molecular flexibility index (Phi) is 2.49. The second-order valence-corrected chi connectivity index (χ2v) is 5.26. The summed E-state index contributed by atoms with van der Waals surface area (Å²) in [7, 11) is 0. The monoisotopic (exact) mass is 229 g/mol. The summed E-state index contributed by atoms with van der Waals surface area (Å²) in [6.45, 7) is 4.67. The van der Waals surface area contributed by atoms with E-state index in [-0.39, 0.29) is 18.2 Å². The van der Waals surface area contributed by atoms with Crippen molar-refractivity contribution in [2.24, 2.45) is 0 Å². The van der Waals surface area contributed by atoms with E-state index in [4.69, 9.17) is 14.2 Å². The van der Waals surface area contributed by atoms with E-state index in [1.165, 1.54) is 0 Å². The molecule has 0 amide bonds. The predicted molar refractivity (Wildman–Crippen MR) is 55.7 cm³/mol. The lowest BCUT2D eigenvalue weighted by atomic mass is 10.0. The molecule has 3 heterocycles. The molecule has 0 unspecified atom stereocenters. The van der Waals surface area contributed by atoms with Crippen molar-refractivity contribution in [3.8, 4) is 0 Å². The van der Waals surface area contributed by atoms with Gasteiger partial charge in [0, 0.05) is 6.04 Å². The molecule has 0 bridgehead atoms.